The van der Waals surface area contributed by atoms with Crippen molar-refractivity contribution in [1.29, 1.82) is 0 Å². The van der Waals surface area contributed by atoms with Gasteiger partial charge in [-0.1, -0.05) is 12.1 Å². The van der Waals surface area contributed by atoms with Crippen molar-refractivity contribution in [3.05, 3.63) is 52.9 Å². The van der Waals surface area contributed by atoms with Gasteiger partial charge in [0.25, 0.3) is 5.56 Å². The summed E-state index contributed by atoms with van der Waals surface area (Å²) < 4.78 is 11.3. The molecule has 0 fully saturated rings. The lowest BCUT2D eigenvalue weighted by molar-refractivity contribution is -0.143. The highest BCUT2D eigenvalue weighted by atomic mass is 16.5. The second kappa shape index (κ2) is 6.74. The van der Waals surface area contributed by atoms with Gasteiger partial charge in [-0.3, -0.25) is 9.59 Å². The Morgan fingerprint density at radius 2 is 1.76 bits per heavy atom. The Hall–Kier alpha value is -2.56. The molecule has 2 rings (SSSR count). The molecule has 1 aromatic carbocycles. The second-order valence-electron chi connectivity index (χ2n) is 4.42. The lowest BCUT2D eigenvalue weighted by Crippen LogP contribution is -2.24. The molecule has 1 heterocycles. The van der Waals surface area contributed by atoms with Crippen molar-refractivity contribution in [3.63, 3.8) is 0 Å². The third-order valence-corrected chi connectivity index (χ3v) is 3.01. The predicted molar refractivity (Wildman–Crippen MR) is 79.3 cm³/mol. The zero-order chi connectivity index (χ0) is 15.2. The fraction of sp³-hybridized carbons (Fsp3) is 0.250. The number of rotatable bonds is 5. The first-order valence-corrected chi connectivity index (χ1v) is 6.64. The average Bonchev–Trinajstić information content (AvgIpc) is 2.50. The van der Waals surface area contributed by atoms with Gasteiger partial charge in [0.2, 0.25) is 0 Å². The van der Waals surface area contributed by atoms with Crippen LogP contribution in [0.5, 0.6) is 5.75 Å². The maximum atomic E-state index is 11.8. The number of aromatic nitrogens is 1. The Morgan fingerprint density at radius 1 is 1.10 bits per heavy atom. The highest BCUT2D eigenvalue weighted by Crippen LogP contribution is 2.21. The summed E-state index contributed by atoms with van der Waals surface area (Å²) in [6.45, 7) is 1.94. The summed E-state index contributed by atoms with van der Waals surface area (Å²) >= 11 is 0. The molecule has 0 unspecified atom stereocenters. The molecule has 0 aliphatic carbocycles. The summed E-state index contributed by atoms with van der Waals surface area (Å²) in [4.78, 5) is 23.3. The third-order valence-electron chi connectivity index (χ3n) is 3.01. The van der Waals surface area contributed by atoms with Gasteiger partial charge in [-0.25, -0.2) is 0 Å². The van der Waals surface area contributed by atoms with Crippen molar-refractivity contribution >= 4 is 5.97 Å². The Labute approximate surface area is 122 Å². The lowest BCUT2D eigenvalue weighted by atomic mass is 10.1. The average molecular weight is 287 g/mol. The van der Waals surface area contributed by atoms with Crippen LogP contribution in [0.3, 0.4) is 0 Å². The van der Waals surface area contributed by atoms with Crippen LogP contribution in [-0.4, -0.2) is 24.3 Å². The highest BCUT2D eigenvalue weighted by molar-refractivity contribution is 5.69. The van der Waals surface area contributed by atoms with Gasteiger partial charge < -0.3 is 14.0 Å². The van der Waals surface area contributed by atoms with Gasteiger partial charge in [0.15, 0.2) is 0 Å². The molecule has 0 aliphatic heterocycles. The molecule has 0 aliphatic rings. The van der Waals surface area contributed by atoms with Crippen LogP contribution < -0.4 is 10.3 Å². The Balaban J connectivity index is 2.28. The number of carbonyl (C=O) groups excluding carboxylic acids is 1. The fourth-order valence-corrected chi connectivity index (χ4v) is 1.95. The number of hydrogen-bond acceptors (Lipinski definition) is 4. The minimum Gasteiger partial charge on any atom is -0.497 e. The van der Waals surface area contributed by atoms with Crippen LogP contribution in [-0.2, 0) is 16.1 Å². The molecule has 0 amide bonds. The monoisotopic (exact) mass is 287 g/mol. The molecule has 5 nitrogen and oxygen atoms in total. The van der Waals surface area contributed by atoms with Crippen molar-refractivity contribution in [2.24, 2.45) is 0 Å². The zero-order valence-electron chi connectivity index (χ0n) is 12.0. The van der Waals surface area contributed by atoms with Crippen LogP contribution in [0.1, 0.15) is 6.92 Å². The highest BCUT2D eigenvalue weighted by Gasteiger charge is 2.07. The number of esters is 1. The van der Waals surface area contributed by atoms with Gasteiger partial charge in [0, 0.05) is 12.3 Å². The number of ether oxygens (including phenoxy) is 2. The Bertz CT molecular complexity index is 673. The number of carbonyl (C=O) groups is 1. The van der Waals surface area contributed by atoms with E-state index in [2.05, 4.69) is 0 Å². The summed E-state index contributed by atoms with van der Waals surface area (Å²) in [5, 5.41) is 0. The molecule has 0 radical (unpaired) electrons. The molecule has 0 N–H and O–H groups in total. The van der Waals surface area contributed by atoms with Crippen molar-refractivity contribution in [3.8, 4) is 16.9 Å². The smallest absolute Gasteiger partial charge is 0.326 e. The van der Waals surface area contributed by atoms with E-state index < -0.39 is 5.97 Å². The van der Waals surface area contributed by atoms with Crippen LogP contribution >= 0.6 is 0 Å². The molecule has 0 atom stereocenters. The van der Waals surface area contributed by atoms with Crippen LogP contribution in [0.15, 0.2) is 47.4 Å². The van der Waals surface area contributed by atoms with E-state index in [1.807, 2.05) is 24.3 Å². The summed E-state index contributed by atoms with van der Waals surface area (Å²) in [5.74, 6) is 0.338. The third kappa shape index (κ3) is 3.72. The van der Waals surface area contributed by atoms with Crippen LogP contribution in [0.4, 0.5) is 0 Å². The summed E-state index contributed by atoms with van der Waals surface area (Å²) in [6, 6.07) is 10.7. The van der Waals surface area contributed by atoms with Crippen molar-refractivity contribution < 1.29 is 14.3 Å². The van der Waals surface area contributed by atoms with E-state index in [4.69, 9.17) is 9.47 Å². The maximum absolute atomic E-state index is 11.8. The molecule has 0 spiro atoms. The minimum atomic E-state index is -0.425. The van der Waals surface area contributed by atoms with Crippen LogP contribution in [0.25, 0.3) is 11.1 Å². The largest absolute Gasteiger partial charge is 0.497 e. The molecule has 0 saturated carbocycles. The number of hydrogen-bond donors (Lipinski definition) is 0. The van der Waals surface area contributed by atoms with Crippen molar-refractivity contribution in [1.82, 2.24) is 4.57 Å². The van der Waals surface area contributed by atoms with Crippen LogP contribution in [0.2, 0.25) is 0 Å². The molecule has 110 valence electrons. The van der Waals surface area contributed by atoms with E-state index in [0.717, 1.165) is 16.9 Å². The Morgan fingerprint density at radius 3 is 2.38 bits per heavy atom. The number of nitrogens with zero attached hydrogens (tertiary/aromatic N) is 1. The standard InChI is InChI=1S/C16H17NO4/c1-3-21-16(19)11-17-10-13(6-9-15(17)18)12-4-7-14(20-2)8-5-12/h4-10H,3,11H2,1-2H3. The molecule has 5 heteroatoms. The van der Waals surface area contributed by atoms with Gasteiger partial charge in [-0.15, -0.1) is 0 Å². The molecule has 1 aromatic heterocycles. The number of pyridine rings is 1. The SMILES string of the molecule is CCOC(=O)Cn1cc(-c2ccc(OC)cc2)ccc1=O. The predicted octanol–water partition coefficient (Wildman–Crippen LogP) is 2.09. The lowest BCUT2D eigenvalue weighted by Gasteiger charge is -2.08. The van der Waals surface area contributed by atoms with E-state index in [0.29, 0.717) is 6.61 Å². The quantitative estimate of drug-likeness (QED) is 0.790. The number of methoxy groups -OCH3 is 1. The molecule has 21 heavy (non-hydrogen) atoms. The second-order valence-corrected chi connectivity index (χ2v) is 4.42. The van der Waals surface area contributed by atoms with Crippen molar-refractivity contribution in [2.45, 2.75) is 13.5 Å². The molecule has 2 aromatic rings. The van der Waals surface area contributed by atoms with E-state index in [-0.39, 0.29) is 12.1 Å². The Kier molecular flexibility index (Phi) is 4.77. The minimum absolute atomic E-state index is 0.0866. The van der Waals surface area contributed by atoms with Gasteiger partial charge >= 0.3 is 5.97 Å². The van der Waals surface area contributed by atoms with Gasteiger partial charge in [0.1, 0.15) is 12.3 Å². The summed E-state index contributed by atoms with van der Waals surface area (Å²) in [6.07, 6.45) is 1.65. The first-order valence-electron chi connectivity index (χ1n) is 6.64. The van der Waals surface area contributed by atoms with Gasteiger partial charge in [-0.2, -0.15) is 0 Å². The van der Waals surface area contributed by atoms with Gasteiger partial charge in [-0.05, 0) is 36.2 Å². The topological polar surface area (TPSA) is 57.5 Å². The zero-order valence-corrected chi connectivity index (χ0v) is 12.0. The fourth-order valence-electron chi connectivity index (χ4n) is 1.95. The summed E-state index contributed by atoms with van der Waals surface area (Å²) in [7, 11) is 1.61. The first kappa shape index (κ1) is 14.8. The first-order chi connectivity index (χ1) is 10.1. The summed E-state index contributed by atoms with van der Waals surface area (Å²) in [5.41, 5.74) is 1.55. The van der Waals surface area contributed by atoms with Crippen molar-refractivity contribution in [2.75, 3.05) is 13.7 Å². The maximum Gasteiger partial charge on any atom is 0.326 e. The molecule has 0 bridgehead atoms. The van der Waals surface area contributed by atoms with E-state index in [9.17, 15) is 9.59 Å². The molecular weight excluding hydrogens is 270 g/mol. The molecule has 0 saturated heterocycles. The van der Waals surface area contributed by atoms with E-state index >= 15 is 0 Å². The van der Waals surface area contributed by atoms with Crippen LogP contribution in [0, 0.1) is 0 Å². The van der Waals surface area contributed by atoms with E-state index in [1.54, 1.807) is 26.3 Å². The van der Waals surface area contributed by atoms with E-state index in [1.165, 1.54) is 10.6 Å². The molecular formula is C16H17NO4. The normalized spacial score (nSPS) is 10.2. The number of benzene rings is 1. The van der Waals surface area contributed by atoms with Gasteiger partial charge in [0.05, 0.1) is 13.7 Å².